The van der Waals surface area contributed by atoms with Crippen LogP contribution in [-0.2, 0) is 26.2 Å². The highest BCUT2D eigenvalue weighted by molar-refractivity contribution is 7.92. The molecule has 0 saturated heterocycles. The summed E-state index contributed by atoms with van der Waals surface area (Å²) in [6.45, 7) is 4.63. The Morgan fingerprint density at radius 2 is 1.63 bits per heavy atom. The van der Waals surface area contributed by atoms with Gasteiger partial charge in [-0.15, -0.1) is 0 Å². The molecule has 0 spiro atoms. The minimum absolute atomic E-state index is 0.00862. The Kier molecular flexibility index (Phi) is 9.71. The number of rotatable bonds is 10. The van der Waals surface area contributed by atoms with E-state index in [1.807, 2.05) is 6.92 Å². The van der Waals surface area contributed by atoms with E-state index in [2.05, 4.69) is 5.32 Å². The molecule has 0 radical (unpaired) electrons. The molecule has 1 atom stereocenters. The Labute approximate surface area is 246 Å². The highest BCUT2D eigenvalue weighted by Gasteiger charge is 2.34. The number of hydrogen-bond donors (Lipinski definition) is 1. The second-order valence-corrected chi connectivity index (χ2v) is 12.9. The van der Waals surface area contributed by atoms with E-state index in [-0.39, 0.29) is 29.1 Å². The zero-order chi connectivity index (χ0) is 29.7. The zero-order valence-electron chi connectivity index (χ0n) is 23.4. The number of amides is 2. The molecule has 0 heterocycles. The molecule has 3 aromatic carbocycles. The molecule has 1 N–H and O–H groups in total. The number of carbonyl (C=O) groups excluding carboxylic acids is 2. The summed E-state index contributed by atoms with van der Waals surface area (Å²) in [5, 5.41) is 3.34. The van der Waals surface area contributed by atoms with Crippen molar-refractivity contribution in [3.05, 3.63) is 94.3 Å². The molecule has 0 bridgehead atoms. The molecule has 218 valence electrons. The lowest BCUT2D eigenvalue weighted by atomic mass is 10.1. The zero-order valence-corrected chi connectivity index (χ0v) is 25.0. The first-order valence-corrected chi connectivity index (χ1v) is 15.5. The van der Waals surface area contributed by atoms with Gasteiger partial charge in [-0.1, -0.05) is 60.3 Å². The van der Waals surface area contributed by atoms with Gasteiger partial charge in [0.25, 0.3) is 10.0 Å². The van der Waals surface area contributed by atoms with Crippen molar-refractivity contribution >= 4 is 39.1 Å². The summed E-state index contributed by atoms with van der Waals surface area (Å²) in [5.74, 6) is -1.33. The third-order valence-electron chi connectivity index (χ3n) is 7.46. The SMILES string of the molecule is Cc1ccc(S(=O)(=O)N(CC(=O)N(Cc2ccc(F)cc2)[C@H](C)C(=O)NC2CCCC2)c2cc(Cl)ccc2C)cc1. The first kappa shape index (κ1) is 30.5. The van der Waals surface area contributed by atoms with Crippen molar-refractivity contribution in [3.8, 4) is 0 Å². The number of nitrogens with zero attached hydrogens (tertiary/aromatic N) is 2. The number of halogens is 2. The van der Waals surface area contributed by atoms with Crippen molar-refractivity contribution in [1.29, 1.82) is 0 Å². The minimum Gasteiger partial charge on any atom is -0.352 e. The predicted molar refractivity (Wildman–Crippen MR) is 159 cm³/mol. The number of anilines is 1. The summed E-state index contributed by atoms with van der Waals surface area (Å²) < 4.78 is 42.6. The Morgan fingerprint density at radius 1 is 1.00 bits per heavy atom. The molecular weight excluding hydrogens is 565 g/mol. The van der Waals surface area contributed by atoms with E-state index in [4.69, 9.17) is 11.6 Å². The van der Waals surface area contributed by atoms with Crippen LogP contribution in [0.1, 0.15) is 49.3 Å². The molecular formula is C31H35ClFN3O4S. The summed E-state index contributed by atoms with van der Waals surface area (Å²) in [6.07, 6.45) is 3.81. The third kappa shape index (κ3) is 7.45. The van der Waals surface area contributed by atoms with Gasteiger partial charge in [0.05, 0.1) is 10.6 Å². The molecule has 3 aromatic rings. The van der Waals surface area contributed by atoms with Crippen LogP contribution in [-0.4, -0.2) is 43.8 Å². The van der Waals surface area contributed by atoms with Crippen molar-refractivity contribution in [3.63, 3.8) is 0 Å². The molecule has 2 amide bonds. The highest BCUT2D eigenvalue weighted by atomic mass is 35.5. The van der Waals surface area contributed by atoms with Crippen molar-refractivity contribution in [2.75, 3.05) is 10.8 Å². The lowest BCUT2D eigenvalue weighted by Crippen LogP contribution is -2.52. The lowest BCUT2D eigenvalue weighted by molar-refractivity contribution is -0.139. The fourth-order valence-electron chi connectivity index (χ4n) is 4.96. The van der Waals surface area contributed by atoms with Crippen LogP contribution in [0.5, 0.6) is 0 Å². The quantitative estimate of drug-likeness (QED) is 0.321. The maximum atomic E-state index is 14.0. The van der Waals surface area contributed by atoms with Crippen LogP contribution in [0, 0.1) is 19.7 Å². The Hall–Kier alpha value is -3.43. The van der Waals surface area contributed by atoms with Gasteiger partial charge in [-0.2, -0.15) is 0 Å². The highest BCUT2D eigenvalue weighted by Crippen LogP contribution is 2.30. The minimum atomic E-state index is -4.20. The van der Waals surface area contributed by atoms with Gasteiger partial charge >= 0.3 is 0 Å². The second-order valence-electron chi connectivity index (χ2n) is 10.6. The Balaban J connectivity index is 1.71. The fourth-order valence-corrected chi connectivity index (χ4v) is 6.60. The fraction of sp³-hybridized carbons (Fsp3) is 0.355. The largest absolute Gasteiger partial charge is 0.352 e. The summed E-state index contributed by atoms with van der Waals surface area (Å²) in [6, 6.07) is 16.0. The molecule has 0 aliphatic heterocycles. The van der Waals surface area contributed by atoms with Crippen molar-refractivity contribution in [2.24, 2.45) is 0 Å². The number of aryl methyl sites for hydroxylation is 2. The lowest BCUT2D eigenvalue weighted by Gasteiger charge is -2.33. The summed E-state index contributed by atoms with van der Waals surface area (Å²) in [5.41, 5.74) is 2.36. The van der Waals surface area contributed by atoms with Gasteiger partial charge in [0.15, 0.2) is 0 Å². The first-order valence-electron chi connectivity index (χ1n) is 13.7. The van der Waals surface area contributed by atoms with Gasteiger partial charge < -0.3 is 10.2 Å². The molecule has 0 aromatic heterocycles. The van der Waals surface area contributed by atoms with E-state index in [0.29, 0.717) is 16.1 Å². The number of carbonyl (C=O) groups is 2. The van der Waals surface area contributed by atoms with E-state index in [0.717, 1.165) is 35.6 Å². The summed E-state index contributed by atoms with van der Waals surface area (Å²) in [4.78, 5) is 28.7. The van der Waals surface area contributed by atoms with Gasteiger partial charge in [-0.25, -0.2) is 12.8 Å². The van der Waals surface area contributed by atoms with Crippen molar-refractivity contribution in [2.45, 2.75) is 70.0 Å². The summed E-state index contributed by atoms with van der Waals surface area (Å²) in [7, 11) is -4.20. The van der Waals surface area contributed by atoms with Crippen LogP contribution >= 0.6 is 11.6 Å². The van der Waals surface area contributed by atoms with Gasteiger partial charge in [0, 0.05) is 17.6 Å². The second kappa shape index (κ2) is 13.0. The molecule has 1 aliphatic rings. The Bertz CT molecular complexity index is 1490. The van der Waals surface area contributed by atoms with Gasteiger partial charge in [0.1, 0.15) is 18.4 Å². The number of nitrogens with one attached hydrogen (secondary N) is 1. The molecule has 41 heavy (non-hydrogen) atoms. The standard InChI is InChI=1S/C31H35ClFN3O4S/c1-21-8-16-28(17-9-21)41(39,40)36(29-18-25(32)13-10-22(29)2)20-30(37)35(19-24-11-14-26(33)15-12-24)23(3)31(38)34-27-6-4-5-7-27/h8-18,23,27H,4-7,19-20H2,1-3H3,(H,34,38)/t23-/m1/s1. The first-order chi connectivity index (χ1) is 19.5. The topological polar surface area (TPSA) is 86.8 Å². The maximum absolute atomic E-state index is 14.0. The number of sulfonamides is 1. The van der Waals surface area contributed by atoms with E-state index < -0.39 is 34.3 Å². The van der Waals surface area contributed by atoms with Gasteiger partial charge in [-0.05, 0) is 81.1 Å². The maximum Gasteiger partial charge on any atom is 0.264 e. The van der Waals surface area contributed by atoms with Crippen LogP contribution in [0.2, 0.25) is 5.02 Å². The number of benzene rings is 3. The smallest absolute Gasteiger partial charge is 0.264 e. The van der Waals surface area contributed by atoms with Crippen molar-refractivity contribution < 1.29 is 22.4 Å². The number of hydrogen-bond acceptors (Lipinski definition) is 4. The van der Waals surface area contributed by atoms with E-state index in [1.165, 1.54) is 35.2 Å². The van der Waals surface area contributed by atoms with Crippen LogP contribution in [0.4, 0.5) is 10.1 Å². The summed E-state index contributed by atoms with van der Waals surface area (Å²) >= 11 is 6.27. The van der Waals surface area contributed by atoms with Crippen molar-refractivity contribution in [1.82, 2.24) is 10.2 Å². The van der Waals surface area contributed by atoms with Crippen LogP contribution in [0.15, 0.2) is 71.6 Å². The molecule has 7 nitrogen and oxygen atoms in total. The predicted octanol–water partition coefficient (Wildman–Crippen LogP) is 5.77. The average molecular weight is 600 g/mol. The Morgan fingerprint density at radius 3 is 2.27 bits per heavy atom. The van der Waals surface area contributed by atoms with Crippen LogP contribution in [0.3, 0.4) is 0 Å². The van der Waals surface area contributed by atoms with Crippen LogP contribution in [0.25, 0.3) is 0 Å². The molecule has 1 saturated carbocycles. The molecule has 4 rings (SSSR count). The van der Waals surface area contributed by atoms with Gasteiger partial charge in [0.2, 0.25) is 11.8 Å². The normalized spacial score (nSPS) is 14.5. The molecule has 1 fully saturated rings. The average Bonchev–Trinajstić information content (AvgIpc) is 3.45. The van der Waals surface area contributed by atoms with E-state index >= 15 is 0 Å². The monoisotopic (exact) mass is 599 g/mol. The van der Waals surface area contributed by atoms with E-state index in [9.17, 15) is 22.4 Å². The third-order valence-corrected chi connectivity index (χ3v) is 9.47. The molecule has 1 aliphatic carbocycles. The van der Waals surface area contributed by atoms with Crippen LogP contribution < -0.4 is 9.62 Å². The van der Waals surface area contributed by atoms with E-state index in [1.54, 1.807) is 50.2 Å². The molecule has 10 heteroatoms. The molecule has 0 unspecified atom stereocenters. The van der Waals surface area contributed by atoms with Gasteiger partial charge in [-0.3, -0.25) is 13.9 Å².